The first-order valence-electron chi connectivity index (χ1n) is 25.8. The molecule has 5 rings (SSSR count). The van der Waals surface area contributed by atoms with Crippen molar-refractivity contribution in [2.45, 2.75) is 150 Å². The Morgan fingerprint density at radius 1 is 0.513 bits per heavy atom. The zero-order valence-electron chi connectivity index (χ0n) is 49.1. The molecule has 0 bridgehead atoms. The van der Waals surface area contributed by atoms with Crippen LogP contribution in [0, 0.1) is 34.0 Å². The summed E-state index contributed by atoms with van der Waals surface area (Å²) in [4.78, 5) is 96.6. The van der Waals surface area contributed by atoms with E-state index in [0.29, 0.717) is 32.1 Å². The standard InChI is InChI=1S/C12H18N2O2.2C12H17NO3.C12H17NO2.C11H18N2O2/c1-9-13-5-10(6-14-9)7-16-8-11(15)12(2,3)4;1-12(2,3)10(14)8-16-7-9-4-5-11(15)13-6-9;1-12(2,3)10(14)8-16-7-9-5-4-6-11(15)13-9;1-12(2,3)11(14)9-15-8-10-5-4-6-13-7-10;1-11(2,3)10(14)8-15-7-5-9-4-6-12-13-9/h5-6H,7-8H2,1-4H3;2*4-6H,7-8H2,1-3H3,(H,13,15);4-7H,8-9H2,1-3H3;6H,4-5,7-8H2,1-3H3. The van der Waals surface area contributed by atoms with Crippen molar-refractivity contribution in [1.82, 2.24) is 24.9 Å². The van der Waals surface area contributed by atoms with Crippen LogP contribution < -0.4 is 11.1 Å². The van der Waals surface area contributed by atoms with Gasteiger partial charge in [-0.25, -0.2) is 9.97 Å². The van der Waals surface area contributed by atoms with Crippen LogP contribution in [0.25, 0.3) is 0 Å². The van der Waals surface area contributed by atoms with Crippen molar-refractivity contribution >= 4 is 40.8 Å². The van der Waals surface area contributed by atoms with Crippen molar-refractivity contribution in [3.63, 3.8) is 0 Å². The summed E-state index contributed by atoms with van der Waals surface area (Å²) >= 11 is 0. The lowest BCUT2D eigenvalue weighted by Gasteiger charge is -2.16. The molecule has 19 heteroatoms. The molecular weight excluding hydrogens is 999 g/mol. The second-order valence-electron chi connectivity index (χ2n) is 23.4. The van der Waals surface area contributed by atoms with Crippen molar-refractivity contribution < 1.29 is 47.7 Å². The number of rotatable bonds is 21. The third kappa shape index (κ3) is 33.0. The summed E-state index contributed by atoms with van der Waals surface area (Å²) in [6.45, 7) is 32.6. The highest BCUT2D eigenvalue weighted by Crippen LogP contribution is 2.18. The van der Waals surface area contributed by atoms with Gasteiger partial charge in [0.05, 0.1) is 33.0 Å². The van der Waals surface area contributed by atoms with E-state index >= 15 is 0 Å². The Morgan fingerprint density at radius 3 is 1.38 bits per heavy atom. The predicted molar refractivity (Wildman–Crippen MR) is 302 cm³/mol. The molecule has 0 fully saturated rings. The Labute approximate surface area is 461 Å². The van der Waals surface area contributed by atoms with Gasteiger partial charge in [0.1, 0.15) is 38.9 Å². The molecule has 4 aromatic heterocycles. The second-order valence-corrected chi connectivity index (χ2v) is 23.4. The number of pyridine rings is 3. The monoisotopic (exact) mass is 1090 g/mol. The summed E-state index contributed by atoms with van der Waals surface area (Å²) in [5, 5.41) is 7.68. The van der Waals surface area contributed by atoms with Crippen molar-refractivity contribution in [3.8, 4) is 0 Å². The summed E-state index contributed by atoms with van der Waals surface area (Å²) in [6, 6.07) is 11.7. The third-order valence-corrected chi connectivity index (χ3v) is 10.8. The van der Waals surface area contributed by atoms with Crippen molar-refractivity contribution in [2.75, 3.05) is 39.6 Å². The molecule has 0 aromatic carbocycles. The first-order chi connectivity index (χ1) is 36.2. The van der Waals surface area contributed by atoms with Crippen LogP contribution in [0.4, 0.5) is 0 Å². The molecule has 0 amide bonds. The zero-order valence-corrected chi connectivity index (χ0v) is 49.1. The van der Waals surface area contributed by atoms with Crippen LogP contribution in [-0.2, 0) is 74.1 Å². The summed E-state index contributed by atoms with van der Waals surface area (Å²) < 4.78 is 26.5. The molecular formula is C59H87N7O12. The molecule has 0 saturated heterocycles. The van der Waals surface area contributed by atoms with E-state index in [0.717, 1.165) is 41.1 Å². The lowest BCUT2D eigenvalue weighted by atomic mass is 9.91. The van der Waals surface area contributed by atoms with E-state index in [2.05, 4.69) is 35.1 Å². The maximum Gasteiger partial charge on any atom is 0.248 e. The van der Waals surface area contributed by atoms with E-state index in [-0.39, 0.29) is 107 Å². The molecule has 78 heavy (non-hydrogen) atoms. The number of carbonyl (C=O) groups excluding carboxylic acids is 5. The molecule has 0 atom stereocenters. The van der Waals surface area contributed by atoms with Crippen molar-refractivity contribution in [2.24, 2.45) is 37.3 Å². The van der Waals surface area contributed by atoms with Crippen molar-refractivity contribution in [1.29, 1.82) is 0 Å². The van der Waals surface area contributed by atoms with Crippen LogP contribution >= 0.6 is 0 Å². The molecule has 2 N–H and O–H groups in total. The number of carbonyl (C=O) groups is 5. The number of aromatic nitrogens is 5. The third-order valence-electron chi connectivity index (χ3n) is 10.8. The fourth-order valence-corrected chi connectivity index (χ4v) is 5.02. The number of aryl methyl sites for hydroxylation is 1. The summed E-state index contributed by atoms with van der Waals surface area (Å²) in [7, 11) is 0. The highest BCUT2D eigenvalue weighted by Gasteiger charge is 2.24. The van der Waals surface area contributed by atoms with Crippen LogP contribution in [-0.4, -0.2) is 105 Å². The van der Waals surface area contributed by atoms with Crippen molar-refractivity contribution in [3.05, 3.63) is 122 Å². The molecule has 0 radical (unpaired) electrons. The number of Topliss-reactive ketones (excluding diaryl/α,β-unsaturated/α-hetero) is 5. The fraction of sp³-hybridized carbons (Fsp3) is 0.559. The van der Waals surface area contributed by atoms with Gasteiger partial charge in [0, 0.05) is 106 Å². The highest BCUT2D eigenvalue weighted by atomic mass is 16.5. The molecule has 0 spiro atoms. The lowest BCUT2D eigenvalue weighted by molar-refractivity contribution is -0.132. The second kappa shape index (κ2) is 34.5. The average molecular weight is 1090 g/mol. The first kappa shape index (κ1) is 69.6. The van der Waals surface area contributed by atoms with Crippen LogP contribution in [0.2, 0.25) is 0 Å². The van der Waals surface area contributed by atoms with Gasteiger partial charge in [-0.15, -0.1) is 0 Å². The number of nitrogens with zero attached hydrogens (tertiary/aromatic N) is 5. The number of hydrogen-bond donors (Lipinski definition) is 2. The van der Waals surface area contributed by atoms with Gasteiger partial charge >= 0.3 is 0 Å². The number of nitrogens with one attached hydrogen (secondary N) is 2. The number of ketones is 5. The highest BCUT2D eigenvalue weighted by molar-refractivity contribution is 5.98. The van der Waals surface area contributed by atoms with E-state index < -0.39 is 0 Å². The number of ether oxygens (including phenoxy) is 5. The minimum atomic E-state index is -0.385. The predicted octanol–water partition coefficient (Wildman–Crippen LogP) is 8.98. The van der Waals surface area contributed by atoms with Gasteiger partial charge in [0.15, 0.2) is 28.9 Å². The minimum absolute atomic E-state index is 0.0470. The summed E-state index contributed by atoms with van der Waals surface area (Å²) in [5.74, 6) is 1.19. The molecule has 1 aliphatic heterocycles. The lowest BCUT2D eigenvalue weighted by Crippen LogP contribution is -2.25. The van der Waals surface area contributed by atoms with Crippen LogP contribution in [0.5, 0.6) is 0 Å². The quantitative estimate of drug-likeness (QED) is 0.0738. The van der Waals surface area contributed by atoms with E-state index in [9.17, 15) is 33.6 Å². The van der Waals surface area contributed by atoms with E-state index in [1.807, 2.05) is 123 Å². The largest absolute Gasteiger partial charge is 0.373 e. The Hall–Kier alpha value is -6.38. The molecule has 1 aliphatic rings. The SMILES string of the molecule is CC(C)(C)C(=O)COCCC1=NN=CC1.CC(C)(C)C(=O)COCc1ccc(=O)[nH]c1.CC(C)(C)C(=O)COCc1cccc(=O)[nH]1.CC(C)(C)C(=O)COCc1cccnc1.Cc1ncc(COCC(=O)C(C)(C)C)cn1. The number of hydrogen-bond acceptors (Lipinski definition) is 17. The molecule has 19 nitrogen and oxygen atoms in total. The summed E-state index contributed by atoms with van der Waals surface area (Å²) in [5.41, 5.74) is 2.37. The van der Waals surface area contributed by atoms with Gasteiger partial charge in [-0.2, -0.15) is 10.2 Å². The van der Waals surface area contributed by atoms with Gasteiger partial charge in [-0.1, -0.05) is 116 Å². The Kier molecular flexibility index (Phi) is 30.8. The van der Waals surface area contributed by atoms with Gasteiger partial charge in [0.25, 0.3) is 0 Å². The van der Waals surface area contributed by atoms with Crippen LogP contribution in [0.1, 0.15) is 145 Å². The molecule has 5 heterocycles. The maximum absolute atomic E-state index is 11.6. The number of H-pyrrole nitrogens is 2. The van der Waals surface area contributed by atoms with E-state index in [4.69, 9.17) is 23.7 Å². The maximum atomic E-state index is 11.6. The molecule has 0 saturated carbocycles. The Morgan fingerprint density at radius 2 is 0.974 bits per heavy atom. The fourth-order valence-electron chi connectivity index (χ4n) is 5.02. The molecule has 4 aromatic rings. The van der Waals surface area contributed by atoms with E-state index in [1.165, 1.54) is 12.1 Å². The smallest absolute Gasteiger partial charge is 0.248 e. The normalized spacial score (nSPS) is 12.2. The topological polar surface area (TPSA) is 261 Å². The summed E-state index contributed by atoms with van der Waals surface area (Å²) in [6.07, 6.45) is 11.8. The molecule has 0 unspecified atom stereocenters. The van der Waals surface area contributed by atoms with Gasteiger partial charge < -0.3 is 33.7 Å². The Balaban J connectivity index is 0.000000488. The number of aromatic amines is 2. The van der Waals surface area contributed by atoms with E-state index in [1.54, 1.807) is 55.4 Å². The Bertz CT molecular complexity index is 2610. The molecule has 0 aliphatic carbocycles. The van der Waals surface area contributed by atoms with Crippen LogP contribution in [0.3, 0.4) is 0 Å². The van der Waals surface area contributed by atoms with Crippen LogP contribution in [0.15, 0.2) is 93.2 Å². The zero-order chi connectivity index (χ0) is 59.2. The first-order valence-corrected chi connectivity index (χ1v) is 25.8. The minimum Gasteiger partial charge on any atom is -0.373 e. The average Bonchev–Trinajstić information content (AvgIpc) is 3.87. The van der Waals surface area contributed by atoms with Gasteiger partial charge in [0.2, 0.25) is 11.1 Å². The molecule has 430 valence electrons. The van der Waals surface area contributed by atoms with Gasteiger partial charge in [-0.05, 0) is 36.2 Å². The van der Waals surface area contributed by atoms with Gasteiger partial charge in [-0.3, -0.25) is 38.5 Å².